The molecular formula is C20H14Cl2N2O2. The minimum atomic E-state index is -0.569. The van der Waals surface area contributed by atoms with Crippen molar-refractivity contribution in [1.29, 1.82) is 5.26 Å². The van der Waals surface area contributed by atoms with Gasteiger partial charge in [0.2, 0.25) is 0 Å². The van der Waals surface area contributed by atoms with Crippen LogP contribution in [0.5, 0.6) is 5.75 Å². The van der Waals surface area contributed by atoms with Crippen LogP contribution in [-0.4, -0.2) is 12.5 Å². The van der Waals surface area contributed by atoms with Gasteiger partial charge in [-0.1, -0.05) is 35.2 Å². The van der Waals surface area contributed by atoms with Crippen molar-refractivity contribution in [3.05, 3.63) is 63.1 Å². The summed E-state index contributed by atoms with van der Waals surface area (Å²) in [6, 6.07) is 11.9. The summed E-state index contributed by atoms with van der Waals surface area (Å²) in [6.45, 7) is 1.83. The molecule has 0 saturated carbocycles. The fourth-order valence-electron chi connectivity index (χ4n) is 2.12. The number of ether oxygens (including phenoxy) is 1. The lowest BCUT2D eigenvalue weighted by molar-refractivity contribution is -0.112. The van der Waals surface area contributed by atoms with E-state index >= 15 is 0 Å². The summed E-state index contributed by atoms with van der Waals surface area (Å²) >= 11 is 12.1. The molecule has 0 heterocycles. The molecule has 1 N–H and O–H groups in total. The van der Waals surface area contributed by atoms with Crippen LogP contribution in [0, 0.1) is 30.6 Å². The second-order valence-corrected chi connectivity index (χ2v) is 6.05. The first kappa shape index (κ1) is 19.4. The average Bonchev–Trinajstić information content (AvgIpc) is 2.62. The SMILES string of the molecule is C#CCOc1ccc(Cl)cc1/C=C(\C#N)C(=O)Nc1cccc(Cl)c1C. The van der Waals surface area contributed by atoms with Gasteiger partial charge in [0.25, 0.3) is 5.91 Å². The lowest BCUT2D eigenvalue weighted by atomic mass is 10.1. The molecule has 26 heavy (non-hydrogen) atoms. The van der Waals surface area contributed by atoms with Gasteiger partial charge in [-0.15, -0.1) is 6.42 Å². The maximum atomic E-state index is 12.5. The zero-order chi connectivity index (χ0) is 19.1. The molecule has 6 heteroatoms. The summed E-state index contributed by atoms with van der Waals surface area (Å²) in [5.41, 5.74) is 1.60. The van der Waals surface area contributed by atoms with Crippen molar-refractivity contribution < 1.29 is 9.53 Å². The zero-order valence-corrected chi connectivity index (χ0v) is 15.4. The number of rotatable bonds is 5. The van der Waals surface area contributed by atoms with E-state index in [1.54, 1.807) is 43.3 Å². The van der Waals surface area contributed by atoms with Crippen molar-refractivity contribution in [2.45, 2.75) is 6.92 Å². The summed E-state index contributed by atoms with van der Waals surface area (Å²) in [7, 11) is 0. The fraction of sp³-hybridized carbons (Fsp3) is 0.100. The van der Waals surface area contributed by atoms with Gasteiger partial charge in [-0.2, -0.15) is 5.26 Å². The third kappa shape index (κ3) is 4.80. The minimum absolute atomic E-state index is 0.0538. The van der Waals surface area contributed by atoms with Crippen molar-refractivity contribution in [2.75, 3.05) is 11.9 Å². The zero-order valence-electron chi connectivity index (χ0n) is 13.8. The number of nitrogens with one attached hydrogen (secondary N) is 1. The van der Waals surface area contributed by atoms with Crippen LogP contribution in [0.1, 0.15) is 11.1 Å². The number of anilines is 1. The number of nitrogens with zero attached hydrogens (tertiary/aromatic N) is 1. The van der Waals surface area contributed by atoms with E-state index in [2.05, 4.69) is 11.2 Å². The molecule has 1 amide bonds. The van der Waals surface area contributed by atoms with Gasteiger partial charge in [-0.3, -0.25) is 4.79 Å². The predicted octanol–water partition coefficient (Wildman–Crippen LogP) is 4.86. The summed E-state index contributed by atoms with van der Waals surface area (Å²) in [5, 5.41) is 13.0. The number of benzene rings is 2. The van der Waals surface area contributed by atoms with E-state index in [0.717, 1.165) is 0 Å². The van der Waals surface area contributed by atoms with Crippen molar-refractivity contribution in [2.24, 2.45) is 0 Å². The Morgan fingerprint density at radius 2 is 2.12 bits per heavy atom. The van der Waals surface area contributed by atoms with Crippen LogP contribution < -0.4 is 10.1 Å². The molecule has 0 fully saturated rings. The van der Waals surface area contributed by atoms with Crippen LogP contribution in [0.3, 0.4) is 0 Å². The molecule has 0 saturated heterocycles. The number of hydrogen-bond donors (Lipinski definition) is 1. The van der Waals surface area contributed by atoms with Crippen LogP contribution in [0.15, 0.2) is 42.0 Å². The highest BCUT2D eigenvalue weighted by atomic mass is 35.5. The maximum absolute atomic E-state index is 12.5. The Labute approximate surface area is 162 Å². The first-order valence-electron chi connectivity index (χ1n) is 7.50. The summed E-state index contributed by atoms with van der Waals surface area (Å²) < 4.78 is 5.42. The molecule has 0 unspecified atom stereocenters. The van der Waals surface area contributed by atoms with Crippen molar-refractivity contribution in [3.8, 4) is 24.2 Å². The third-order valence-corrected chi connectivity index (χ3v) is 4.11. The molecule has 2 aromatic rings. The number of hydrogen-bond acceptors (Lipinski definition) is 3. The van der Waals surface area contributed by atoms with Crippen LogP contribution in [0.2, 0.25) is 10.0 Å². The standard InChI is InChI=1S/C20H14Cl2N2O2/c1-3-9-26-19-8-7-16(21)11-14(19)10-15(12-23)20(25)24-18-6-4-5-17(22)13(18)2/h1,4-8,10-11H,9H2,2H3,(H,24,25)/b15-10+. The van der Waals surface area contributed by atoms with E-state index in [1.165, 1.54) is 6.08 Å². The van der Waals surface area contributed by atoms with Gasteiger partial charge in [0.15, 0.2) is 0 Å². The number of carbonyl (C=O) groups excluding carboxylic acids is 1. The summed E-state index contributed by atoms with van der Waals surface area (Å²) in [4.78, 5) is 12.5. The van der Waals surface area contributed by atoms with E-state index < -0.39 is 5.91 Å². The third-order valence-electron chi connectivity index (χ3n) is 3.46. The Kier molecular flexibility index (Phi) is 6.69. The molecule has 0 bridgehead atoms. The molecule has 0 atom stereocenters. The van der Waals surface area contributed by atoms with Gasteiger partial charge in [-0.05, 0) is 48.9 Å². The number of halogens is 2. The summed E-state index contributed by atoms with van der Waals surface area (Å²) in [6.07, 6.45) is 6.60. The Hall–Kier alpha value is -2.92. The van der Waals surface area contributed by atoms with Crippen LogP contribution in [0.4, 0.5) is 5.69 Å². The fourth-order valence-corrected chi connectivity index (χ4v) is 2.47. The Bertz CT molecular complexity index is 953. The van der Waals surface area contributed by atoms with E-state index in [0.29, 0.717) is 32.6 Å². The predicted molar refractivity (Wildman–Crippen MR) is 104 cm³/mol. The molecular weight excluding hydrogens is 371 g/mol. The molecule has 130 valence electrons. The Morgan fingerprint density at radius 3 is 2.81 bits per heavy atom. The Morgan fingerprint density at radius 1 is 1.35 bits per heavy atom. The lowest BCUT2D eigenvalue weighted by Gasteiger charge is -2.10. The van der Waals surface area contributed by atoms with E-state index in [9.17, 15) is 10.1 Å². The van der Waals surface area contributed by atoms with Gasteiger partial charge < -0.3 is 10.1 Å². The molecule has 2 aromatic carbocycles. The largest absolute Gasteiger partial charge is 0.480 e. The van der Waals surface area contributed by atoms with E-state index in [-0.39, 0.29) is 12.2 Å². The Balaban J connectivity index is 2.34. The molecule has 4 nitrogen and oxygen atoms in total. The number of amides is 1. The smallest absolute Gasteiger partial charge is 0.266 e. The first-order valence-corrected chi connectivity index (χ1v) is 8.26. The molecule has 0 aliphatic rings. The van der Waals surface area contributed by atoms with Gasteiger partial charge in [0.05, 0.1) is 0 Å². The van der Waals surface area contributed by atoms with Gasteiger partial charge >= 0.3 is 0 Å². The number of terminal acetylenes is 1. The molecule has 0 aliphatic heterocycles. The quantitative estimate of drug-likeness (QED) is 0.454. The minimum Gasteiger partial charge on any atom is -0.480 e. The maximum Gasteiger partial charge on any atom is 0.266 e. The lowest BCUT2D eigenvalue weighted by Crippen LogP contribution is -2.14. The highest BCUT2D eigenvalue weighted by Gasteiger charge is 2.13. The topological polar surface area (TPSA) is 62.1 Å². The van der Waals surface area contributed by atoms with Crippen molar-refractivity contribution in [3.63, 3.8) is 0 Å². The molecule has 0 radical (unpaired) electrons. The second-order valence-electron chi connectivity index (χ2n) is 5.21. The highest BCUT2D eigenvalue weighted by molar-refractivity contribution is 6.32. The molecule has 0 aliphatic carbocycles. The average molecular weight is 385 g/mol. The van der Waals surface area contributed by atoms with E-state index in [4.69, 9.17) is 34.4 Å². The molecule has 2 rings (SSSR count). The van der Waals surface area contributed by atoms with Crippen molar-refractivity contribution >= 4 is 40.9 Å². The molecule has 0 aromatic heterocycles. The van der Waals surface area contributed by atoms with Crippen molar-refractivity contribution in [1.82, 2.24) is 0 Å². The van der Waals surface area contributed by atoms with Gasteiger partial charge in [-0.25, -0.2) is 0 Å². The number of carbonyl (C=O) groups is 1. The monoisotopic (exact) mass is 384 g/mol. The normalized spacial score (nSPS) is 10.6. The van der Waals surface area contributed by atoms with Crippen LogP contribution in [-0.2, 0) is 4.79 Å². The van der Waals surface area contributed by atoms with Gasteiger partial charge in [0.1, 0.15) is 24.0 Å². The van der Waals surface area contributed by atoms with Crippen LogP contribution >= 0.6 is 23.2 Å². The first-order chi connectivity index (χ1) is 12.5. The van der Waals surface area contributed by atoms with E-state index in [1.807, 2.05) is 6.07 Å². The highest BCUT2D eigenvalue weighted by Crippen LogP contribution is 2.27. The molecule has 0 spiro atoms. The second kappa shape index (κ2) is 8.97. The van der Waals surface area contributed by atoms with Crippen LogP contribution in [0.25, 0.3) is 6.08 Å². The van der Waals surface area contributed by atoms with Gasteiger partial charge in [0, 0.05) is 21.3 Å². The summed E-state index contributed by atoms with van der Waals surface area (Å²) in [5.74, 6) is 2.21. The number of nitriles is 1.